The van der Waals surface area contributed by atoms with Crippen LogP contribution in [0.15, 0.2) is 47.3 Å². The van der Waals surface area contributed by atoms with Crippen molar-refractivity contribution in [3.63, 3.8) is 0 Å². The van der Waals surface area contributed by atoms with Crippen molar-refractivity contribution < 1.29 is 9.53 Å². The molecule has 2 heterocycles. The van der Waals surface area contributed by atoms with E-state index in [4.69, 9.17) is 27.9 Å². The molecule has 0 unspecified atom stereocenters. The quantitative estimate of drug-likeness (QED) is 0.610. The summed E-state index contributed by atoms with van der Waals surface area (Å²) in [7, 11) is 1.61. The predicted molar refractivity (Wildman–Crippen MR) is 120 cm³/mol. The number of carbonyl (C=O) groups excluding carboxylic acids is 1. The van der Waals surface area contributed by atoms with E-state index < -0.39 is 0 Å². The van der Waals surface area contributed by atoms with Gasteiger partial charge in [0, 0.05) is 19.4 Å². The average Bonchev–Trinajstić information content (AvgIpc) is 2.76. The van der Waals surface area contributed by atoms with Crippen molar-refractivity contribution in [2.45, 2.75) is 19.4 Å². The van der Waals surface area contributed by atoms with Crippen LogP contribution < -0.4 is 15.6 Å². The highest BCUT2D eigenvalue weighted by molar-refractivity contribution is 6.39. The van der Waals surface area contributed by atoms with Gasteiger partial charge in [-0.15, -0.1) is 0 Å². The molecule has 0 saturated carbocycles. The fourth-order valence-electron chi connectivity index (χ4n) is 3.51. The Labute approximate surface area is 189 Å². The highest BCUT2D eigenvalue weighted by Crippen LogP contribution is 2.30. The summed E-state index contributed by atoms with van der Waals surface area (Å²) in [6.45, 7) is 0.584. The number of aromatic nitrogens is 2. The van der Waals surface area contributed by atoms with Gasteiger partial charge in [0.25, 0.3) is 5.56 Å². The number of halogens is 2. The molecule has 9 heteroatoms. The number of nitrogens with zero attached hydrogens (tertiary/aromatic N) is 2. The molecule has 1 aromatic heterocycles. The van der Waals surface area contributed by atoms with Crippen LogP contribution in [-0.4, -0.2) is 34.6 Å². The number of anilines is 1. The normalized spacial score (nSPS) is 12.9. The first-order valence-electron chi connectivity index (χ1n) is 9.68. The fourth-order valence-corrected chi connectivity index (χ4v) is 4.00. The van der Waals surface area contributed by atoms with E-state index in [1.54, 1.807) is 30.2 Å². The monoisotopic (exact) mass is 458 g/mol. The summed E-state index contributed by atoms with van der Waals surface area (Å²) in [5, 5.41) is 3.43. The van der Waals surface area contributed by atoms with Crippen molar-refractivity contribution in [2.24, 2.45) is 0 Å². The van der Waals surface area contributed by atoms with Crippen molar-refractivity contribution in [1.82, 2.24) is 14.9 Å². The van der Waals surface area contributed by atoms with Gasteiger partial charge in [-0.3, -0.25) is 4.79 Å². The second kappa shape index (κ2) is 8.99. The molecular formula is C22H20Cl2N4O3. The molecule has 0 aliphatic carbocycles. The lowest BCUT2D eigenvalue weighted by Crippen LogP contribution is -2.42. The SMILES string of the molecule is COc1cccc(Cc2nc3c(c(=O)[nH]2)CN(C(=O)Nc2c(Cl)cccc2Cl)CC3)c1. The van der Waals surface area contributed by atoms with E-state index in [9.17, 15) is 9.59 Å². The Balaban J connectivity index is 1.50. The molecule has 7 nitrogen and oxygen atoms in total. The topological polar surface area (TPSA) is 87.3 Å². The number of hydrogen-bond acceptors (Lipinski definition) is 4. The maximum Gasteiger partial charge on any atom is 0.322 e. The molecule has 2 aromatic carbocycles. The average molecular weight is 459 g/mol. The minimum Gasteiger partial charge on any atom is -0.497 e. The molecule has 0 atom stereocenters. The van der Waals surface area contributed by atoms with E-state index >= 15 is 0 Å². The first kappa shape index (κ1) is 21.2. The number of carbonyl (C=O) groups is 1. The van der Waals surface area contributed by atoms with Crippen molar-refractivity contribution in [1.29, 1.82) is 0 Å². The third-order valence-electron chi connectivity index (χ3n) is 5.11. The minimum absolute atomic E-state index is 0.158. The number of para-hydroxylation sites is 1. The fraction of sp³-hybridized carbons (Fsp3) is 0.227. The molecule has 0 bridgehead atoms. The number of methoxy groups -OCH3 is 1. The summed E-state index contributed by atoms with van der Waals surface area (Å²) in [5.74, 6) is 1.33. The van der Waals surface area contributed by atoms with Gasteiger partial charge in [0.2, 0.25) is 0 Å². The first-order chi connectivity index (χ1) is 14.9. The van der Waals surface area contributed by atoms with Gasteiger partial charge in [-0.1, -0.05) is 41.4 Å². The molecule has 2 N–H and O–H groups in total. The first-order valence-corrected chi connectivity index (χ1v) is 10.4. The summed E-state index contributed by atoms with van der Waals surface area (Å²) in [6.07, 6.45) is 0.961. The zero-order valence-corrected chi connectivity index (χ0v) is 18.3. The van der Waals surface area contributed by atoms with Gasteiger partial charge in [0.1, 0.15) is 11.6 Å². The zero-order valence-electron chi connectivity index (χ0n) is 16.7. The molecule has 31 heavy (non-hydrogen) atoms. The minimum atomic E-state index is -0.375. The number of ether oxygens (including phenoxy) is 1. The number of H-pyrrole nitrogens is 1. The molecule has 0 spiro atoms. The van der Waals surface area contributed by atoms with Gasteiger partial charge in [-0.2, -0.15) is 0 Å². The number of hydrogen-bond donors (Lipinski definition) is 2. The Bertz CT molecular complexity index is 1180. The van der Waals surface area contributed by atoms with Gasteiger partial charge in [0.15, 0.2) is 0 Å². The maximum atomic E-state index is 12.7. The zero-order chi connectivity index (χ0) is 22.0. The largest absolute Gasteiger partial charge is 0.497 e. The van der Waals surface area contributed by atoms with E-state index in [0.29, 0.717) is 52.2 Å². The third kappa shape index (κ3) is 4.68. The predicted octanol–water partition coefficient (Wildman–Crippen LogP) is 4.27. The Hall–Kier alpha value is -3.03. The van der Waals surface area contributed by atoms with E-state index in [0.717, 1.165) is 11.3 Å². The number of rotatable bonds is 4. The summed E-state index contributed by atoms with van der Waals surface area (Å²) in [6, 6.07) is 12.2. The summed E-state index contributed by atoms with van der Waals surface area (Å²) < 4.78 is 5.25. The lowest BCUT2D eigenvalue weighted by atomic mass is 10.1. The molecule has 4 rings (SSSR count). The highest BCUT2D eigenvalue weighted by Gasteiger charge is 2.25. The van der Waals surface area contributed by atoms with E-state index in [1.807, 2.05) is 24.3 Å². The van der Waals surface area contributed by atoms with Crippen LogP contribution in [0.3, 0.4) is 0 Å². The lowest BCUT2D eigenvalue weighted by molar-refractivity contribution is 0.205. The summed E-state index contributed by atoms with van der Waals surface area (Å²) >= 11 is 12.3. The number of nitrogens with one attached hydrogen (secondary N) is 2. The van der Waals surface area contributed by atoms with Crippen molar-refractivity contribution in [3.8, 4) is 5.75 Å². The van der Waals surface area contributed by atoms with E-state index in [-0.39, 0.29) is 18.1 Å². The van der Waals surface area contributed by atoms with Crippen LogP contribution in [0.25, 0.3) is 0 Å². The summed E-state index contributed by atoms with van der Waals surface area (Å²) in [5.41, 5.74) is 2.29. The van der Waals surface area contributed by atoms with Gasteiger partial charge in [0.05, 0.1) is 40.6 Å². The number of benzene rings is 2. The Morgan fingerprint density at radius 2 is 1.97 bits per heavy atom. The Morgan fingerprint density at radius 1 is 1.23 bits per heavy atom. The van der Waals surface area contributed by atoms with Crippen LogP contribution in [0, 0.1) is 0 Å². The molecule has 0 radical (unpaired) electrons. The van der Waals surface area contributed by atoms with Crippen LogP contribution >= 0.6 is 23.2 Å². The number of amides is 2. The highest BCUT2D eigenvalue weighted by atomic mass is 35.5. The molecule has 1 aliphatic rings. The number of fused-ring (bicyclic) bond motifs is 1. The van der Waals surface area contributed by atoms with E-state index in [1.165, 1.54) is 0 Å². The van der Waals surface area contributed by atoms with Crippen LogP contribution in [0.4, 0.5) is 10.5 Å². The summed E-state index contributed by atoms with van der Waals surface area (Å²) in [4.78, 5) is 34.4. The third-order valence-corrected chi connectivity index (χ3v) is 5.74. The lowest BCUT2D eigenvalue weighted by Gasteiger charge is -2.28. The van der Waals surface area contributed by atoms with Crippen LogP contribution in [0.5, 0.6) is 5.75 Å². The molecule has 160 valence electrons. The Morgan fingerprint density at radius 3 is 2.71 bits per heavy atom. The smallest absolute Gasteiger partial charge is 0.322 e. The second-order valence-electron chi connectivity index (χ2n) is 7.16. The van der Waals surface area contributed by atoms with Gasteiger partial charge < -0.3 is 19.9 Å². The standard InChI is InChI=1S/C22H20Cl2N4O3/c1-31-14-5-2-4-13(10-14)11-19-25-18-8-9-28(12-15(18)21(29)26-19)22(30)27-20-16(23)6-3-7-17(20)24/h2-7,10H,8-9,11-12H2,1H3,(H,27,30)(H,25,26,29). The van der Waals surface area contributed by atoms with Gasteiger partial charge in [-0.25, -0.2) is 9.78 Å². The van der Waals surface area contributed by atoms with E-state index in [2.05, 4.69) is 15.3 Å². The number of aromatic amines is 1. The van der Waals surface area contributed by atoms with Gasteiger partial charge in [-0.05, 0) is 29.8 Å². The molecular weight excluding hydrogens is 439 g/mol. The van der Waals surface area contributed by atoms with Crippen molar-refractivity contribution in [2.75, 3.05) is 19.0 Å². The Kier molecular flexibility index (Phi) is 6.15. The van der Waals surface area contributed by atoms with Crippen LogP contribution in [0.1, 0.15) is 22.6 Å². The molecule has 0 fully saturated rings. The maximum absolute atomic E-state index is 12.7. The molecule has 2 amide bonds. The molecule has 1 aliphatic heterocycles. The molecule has 0 saturated heterocycles. The van der Waals surface area contributed by atoms with Gasteiger partial charge >= 0.3 is 6.03 Å². The van der Waals surface area contributed by atoms with Crippen LogP contribution in [0.2, 0.25) is 10.0 Å². The van der Waals surface area contributed by atoms with Crippen LogP contribution in [-0.2, 0) is 19.4 Å². The van der Waals surface area contributed by atoms with Crippen molar-refractivity contribution in [3.05, 3.63) is 85.5 Å². The second-order valence-corrected chi connectivity index (χ2v) is 7.98. The molecule has 3 aromatic rings. The van der Waals surface area contributed by atoms with Crippen molar-refractivity contribution >= 4 is 34.9 Å². The number of urea groups is 1.